The molecule has 0 unspecified atom stereocenters. The zero-order valence-corrected chi connectivity index (χ0v) is 5.56. The normalized spacial score (nSPS) is 10.5. The molecule has 0 aliphatic rings. The number of nitrogens with zero attached hydrogens (tertiary/aromatic N) is 3. The predicted molar refractivity (Wildman–Crippen MR) is 36.0 cm³/mol. The zero-order chi connectivity index (χ0) is 7.40. The summed E-state index contributed by atoms with van der Waals surface area (Å²) >= 11 is 0. The minimum Gasteiger partial charge on any atom is -0.295 e. The second-order valence-corrected chi connectivity index (χ2v) is 1.80. The highest BCUT2D eigenvalue weighted by atomic mass is 16.1. The Kier molecular flexibility index (Phi) is 1.94. The summed E-state index contributed by atoms with van der Waals surface area (Å²) in [5.74, 6) is -0.00417. The highest BCUT2D eigenvalue weighted by Gasteiger charge is 1.83. The standard InChI is InChI=1S/C6H7N3O/c1-6(10)2-3-9-5-7-4-8-9/h2-5H,1H3. The Morgan fingerprint density at radius 3 is 3.00 bits per heavy atom. The molecule has 0 radical (unpaired) electrons. The van der Waals surface area contributed by atoms with Gasteiger partial charge in [0.05, 0.1) is 0 Å². The summed E-state index contributed by atoms with van der Waals surface area (Å²) in [5.41, 5.74) is 0. The van der Waals surface area contributed by atoms with Gasteiger partial charge in [-0.05, 0) is 13.0 Å². The van der Waals surface area contributed by atoms with Crippen molar-refractivity contribution in [3.05, 3.63) is 18.7 Å². The fourth-order valence-corrected chi connectivity index (χ4v) is 0.476. The average molecular weight is 137 g/mol. The van der Waals surface area contributed by atoms with E-state index in [9.17, 15) is 4.79 Å². The minimum absolute atomic E-state index is 0.00417. The molecule has 0 amide bonds. The molecule has 0 aromatic carbocycles. The number of ketones is 1. The van der Waals surface area contributed by atoms with Crippen molar-refractivity contribution in [3.63, 3.8) is 0 Å². The van der Waals surface area contributed by atoms with Gasteiger partial charge in [-0.1, -0.05) is 0 Å². The Morgan fingerprint density at radius 1 is 1.70 bits per heavy atom. The lowest BCUT2D eigenvalue weighted by Gasteiger charge is -1.83. The molecule has 0 spiro atoms. The molecule has 1 aromatic heterocycles. The maximum absolute atomic E-state index is 10.4. The van der Waals surface area contributed by atoms with E-state index < -0.39 is 0 Å². The monoisotopic (exact) mass is 137 g/mol. The lowest BCUT2D eigenvalue weighted by atomic mass is 10.4. The van der Waals surface area contributed by atoms with Gasteiger partial charge in [0.25, 0.3) is 0 Å². The molecule has 0 aliphatic heterocycles. The summed E-state index contributed by atoms with van der Waals surface area (Å²) in [6, 6.07) is 0. The summed E-state index contributed by atoms with van der Waals surface area (Å²) in [6.07, 6.45) is 5.90. The van der Waals surface area contributed by atoms with Crippen molar-refractivity contribution in [3.8, 4) is 0 Å². The molecule has 4 heteroatoms. The van der Waals surface area contributed by atoms with E-state index >= 15 is 0 Å². The topological polar surface area (TPSA) is 47.8 Å². The van der Waals surface area contributed by atoms with E-state index in [0.29, 0.717) is 0 Å². The van der Waals surface area contributed by atoms with E-state index in [1.807, 2.05) is 0 Å². The molecule has 10 heavy (non-hydrogen) atoms. The van der Waals surface area contributed by atoms with Crippen LogP contribution in [0.5, 0.6) is 0 Å². The highest BCUT2D eigenvalue weighted by Crippen LogP contribution is 1.81. The van der Waals surface area contributed by atoms with Crippen LogP contribution < -0.4 is 0 Å². The van der Waals surface area contributed by atoms with E-state index in [1.165, 1.54) is 30.3 Å². The molecule has 1 heterocycles. The van der Waals surface area contributed by atoms with Gasteiger partial charge < -0.3 is 0 Å². The molecule has 0 fully saturated rings. The van der Waals surface area contributed by atoms with Gasteiger partial charge in [-0.15, -0.1) is 0 Å². The van der Waals surface area contributed by atoms with Crippen molar-refractivity contribution >= 4 is 12.0 Å². The first-order chi connectivity index (χ1) is 4.79. The van der Waals surface area contributed by atoms with Crippen LogP contribution in [0.3, 0.4) is 0 Å². The van der Waals surface area contributed by atoms with E-state index in [2.05, 4.69) is 10.1 Å². The van der Waals surface area contributed by atoms with Gasteiger partial charge >= 0.3 is 0 Å². The van der Waals surface area contributed by atoms with Crippen LogP contribution in [0.15, 0.2) is 18.7 Å². The lowest BCUT2D eigenvalue weighted by Crippen LogP contribution is -1.87. The Balaban J connectivity index is 2.64. The zero-order valence-electron chi connectivity index (χ0n) is 5.56. The fraction of sp³-hybridized carbons (Fsp3) is 0.167. The summed E-state index contributed by atoms with van der Waals surface area (Å²) in [7, 11) is 0. The van der Waals surface area contributed by atoms with Gasteiger partial charge in [0.1, 0.15) is 12.7 Å². The number of allylic oxidation sites excluding steroid dienone is 1. The van der Waals surface area contributed by atoms with Crippen molar-refractivity contribution in [1.29, 1.82) is 0 Å². The van der Waals surface area contributed by atoms with E-state index in [-0.39, 0.29) is 5.78 Å². The van der Waals surface area contributed by atoms with Gasteiger partial charge in [-0.3, -0.25) is 4.79 Å². The summed E-state index contributed by atoms with van der Waals surface area (Å²) in [5, 5.41) is 3.75. The number of carbonyl (C=O) groups excluding carboxylic acids is 1. The summed E-state index contributed by atoms with van der Waals surface area (Å²) < 4.78 is 1.46. The van der Waals surface area contributed by atoms with E-state index in [1.54, 1.807) is 6.20 Å². The molecular formula is C6H7N3O. The SMILES string of the molecule is CC(=O)C=Cn1cncn1. The third-order valence-corrected chi connectivity index (χ3v) is 0.899. The Labute approximate surface area is 58.2 Å². The molecule has 52 valence electrons. The van der Waals surface area contributed by atoms with Crippen LogP contribution in [0.2, 0.25) is 0 Å². The second kappa shape index (κ2) is 2.91. The second-order valence-electron chi connectivity index (χ2n) is 1.80. The van der Waals surface area contributed by atoms with Crippen LogP contribution in [0, 0.1) is 0 Å². The maximum Gasteiger partial charge on any atom is 0.154 e. The van der Waals surface area contributed by atoms with Crippen LogP contribution in [0.4, 0.5) is 0 Å². The van der Waals surface area contributed by atoms with Crippen molar-refractivity contribution in [2.24, 2.45) is 0 Å². The van der Waals surface area contributed by atoms with E-state index in [4.69, 9.17) is 0 Å². The first kappa shape index (κ1) is 6.67. The van der Waals surface area contributed by atoms with Gasteiger partial charge in [0.15, 0.2) is 5.78 Å². The molecule has 0 saturated heterocycles. The number of aromatic nitrogens is 3. The smallest absolute Gasteiger partial charge is 0.154 e. The molecular weight excluding hydrogens is 130 g/mol. The first-order valence-electron chi connectivity index (χ1n) is 2.82. The molecule has 0 N–H and O–H groups in total. The molecule has 4 nitrogen and oxygen atoms in total. The molecule has 0 atom stereocenters. The predicted octanol–water partition coefficient (Wildman–Crippen LogP) is 0.338. The van der Waals surface area contributed by atoms with E-state index in [0.717, 1.165) is 0 Å². The third kappa shape index (κ3) is 1.81. The van der Waals surface area contributed by atoms with Crippen molar-refractivity contribution in [1.82, 2.24) is 14.8 Å². The van der Waals surface area contributed by atoms with Gasteiger partial charge in [-0.2, -0.15) is 5.10 Å². The average Bonchev–Trinajstić information content (AvgIpc) is 2.34. The Morgan fingerprint density at radius 2 is 2.50 bits per heavy atom. The molecule has 1 rings (SSSR count). The minimum atomic E-state index is -0.00417. The highest BCUT2D eigenvalue weighted by molar-refractivity contribution is 5.89. The molecule has 0 aliphatic carbocycles. The number of carbonyl (C=O) groups is 1. The van der Waals surface area contributed by atoms with Gasteiger partial charge in [-0.25, -0.2) is 9.67 Å². The number of hydrogen-bond acceptors (Lipinski definition) is 3. The van der Waals surface area contributed by atoms with Gasteiger partial charge in [0, 0.05) is 6.20 Å². The number of rotatable bonds is 2. The summed E-state index contributed by atoms with van der Waals surface area (Å²) in [4.78, 5) is 14.1. The third-order valence-electron chi connectivity index (χ3n) is 0.899. The van der Waals surface area contributed by atoms with Crippen molar-refractivity contribution in [2.75, 3.05) is 0 Å². The van der Waals surface area contributed by atoms with Crippen LogP contribution in [0.1, 0.15) is 6.92 Å². The fourth-order valence-electron chi connectivity index (χ4n) is 0.476. The van der Waals surface area contributed by atoms with Gasteiger partial charge in [0.2, 0.25) is 0 Å². The van der Waals surface area contributed by atoms with Crippen LogP contribution in [-0.2, 0) is 4.79 Å². The molecule has 1 aromatic rings. The molecule has 0 bridgehead atoms. The first-order valence-corrected chi connectivity index (χ1v) is 2.82. The van der Waals surface area contributed by atoms with Crippen LogP contribution >= 0.6 is 0 Å². The molecule has 0 saturated carbocycles. The van der Waals surface area contributed by atoms with Crippen molar-refractivity contribution in [2.45, 2.75) is 6.92 Å². The van der Waals surface area contributed by atoms with Crippen molar-refractivity contribution < 1.29 is 4.79 Å². The number of hydrogen-bond donors (Lipinski definition) is 0. The lowest BCUT2D eigenvalue weighted by molar-refractivity contribution is -0.112. The maximum atomic E-state index is 10.4. The summed E-state index contributed by atoms with van der Waals surface area (Å²) in [6.45, 7) is 1.48. The van der Waals surface area contributed by atoms with Crippen LogP contribution in [0.25, 0.3) is 6.20 Å². The Bertz CT molecular complexity index is 238. The Hall–Kier alpha value is -1.45. The van der Waals surface area contributed by atoms with Crippen LogP contribution in [-0.4, -0.2) is 20.5 Å². The largest absolute Gasteiger partial charge is 0.295 e. The quantitative estimate of drug-likeness (QED) is 0.552.